The van der Waals surface area contributed by atoms with E-state index in [1.54, 1.807) is 35.0 Å². The maximum Gasteiger partial charge on any atom is 0.321 e. The van der Waals surface area contributed by atoms with Crippen molar-refractivity contribution in [2.75, 3.05) is 25.5 Å². The van der Waals surface area contributed by atoms with Crippen molar-refractivity contribution in [1.82, 2.24) is 20.0 Å². The molecule has 0 aliphatic heterocycles. The van der Waals surface area contributed by atoms with Crippen molar-refractivity contribution in [3.05, 3.63) is 47.8 Å². The van der Waals surface area contributed by atoms with Gasteiger partial charge < -0.3 is 15.5 Å². The minimum absolute atomic E-state index is 0.184. The van der Waals surface area contributed by atoms with Crippen molar-refractivity contribution in [2.24, 2.45) is 0 Å². The molecule has 0 saturated carbocycles. The number of hydrogen-bond acceptors (Lipinski definition) is 3. The van der Waals surface area contributed by atoms with Crippen molar-refractivity contribution in [1.29, 1.82) is 0 Å². The highest BCUT2D eigenvalue weighted by molar-refractivity contribution is 5.97. The van der Waals surface area contributed by atoms with Gasteiger partial charge in [-0.15, -0.1) is 0 Å². The molecular weight excluding hydrogens is 306 g/mol. The van der Waals surface area contributed by atoms with Gasteiger partial charge in [0.2, 0.25) is 0 Å². The van der Waals surface area contributed by atoms with Crippen molar-refractivity contribution >= 4 is 17.6 Å². The first-order valence-corrected chi connectivity index (χ1v) is 7.91. The van der Waals surface area contributed by atoms with Crippen LogP contribution in [0, 0.1) is 6.92 Å². The Morgan fingerprint density at radius 3 is 2.75 bits per heavy atom. The van der Waals surface area contributed by atoms with Gasteiger partial charge in [0.1, 0.15) is 0 Å². The third kappa shape index (κ3) is 4.34. The first-order valence-electron chi connectivity index (χ1n) is 7.91. The van der Waals surface area contributed by atoms with Gasteiger partial charge in [0, 0.05) is 43.8 Å². The van der Waals surface area contributed by atoms with Crippen LogP contribution in [-0.4, -0.2) is 46.8 Å². The van der Waals surface area contributed by atoms with E-state index >= 15 is 0 Å². The Morgan fingerprint density at radius 2 is 2.12 bits per heavy atom. The summed E-state index contributed by atoms with van der Waals surface area (Å²) in [5, 5.41) is 9.60. The summed E-state index contributed by atoms with van der Waals surface area (Å²) in [5.41, 5.74) is 2.05. The molecule has 1 aromatic heterocycles. The maximum absolute atomic E-state index is 12.5. The van der Waals surface area contributed by atoms with Crippen LogP contribution >= 0.6 is 0 Å². The number of carbonyl (C=O) groups is 2. The Balaban J connectivity index is 2.05. The summed E-state index contributed by atoms with van der Waals surface area (Å²) in [6.45, 7) is 5.59. The molecule has 0 spiro atoms. The van der Waals surface area contributed by atoms with Gasteiger partial charge in [-0.3, -0.25) is 9.48 Å². The van der Waals surface area contributed by atoms with E-state index in [0.717, 1.165) is 5.56 Å². The average Bonchev–Trinajstić information content (AvgIpc) is 3.10. The fourth-order valence-electron chi connectivity index (χ4n) is 2.30. The molecule has 0 aliphatic rings. The van der Waals surface area contributed by atoms with E-state index in [9.17, 15) is 9.59 Å². The number of amides is 3. The first kappa shape index (κ1) is 17.5. The highest BCUT2D eigenvalue weighted by Gasteiger charge is 2.14. The number of anilines is 1. The zero-order valence-corrected chi connectivity index (χ0v) is 14.2. The normalized spacial score (nSPS) is 10.3. The van der Waals surface area contributed by atoms with Gasteiger partial charge in [0.25, 0.3) is 5.91 Å². The molecule has 2 aromatic rings. The van der Waals surface area contributed by atoms with E-state index in [-0.39, 0.29) is 11.9 Å². The smallest absolute Gasteiger partial charge is 0.321 e. The van der Waals surface area contributed by atoms with Crippen LogP contribution in [0.5, 0.6) is 0 Å². The van der Waals surface area contributed by atoms with Crippen LogP contribution in [0.1, 0.15) is 22.8 Å². The van der Waals surface area contributed by atoms with Crippen LogP contribution in [0.2, 0.25) is 0 Å². The standard InChI is InChI=1S/C17H23N5O2/c1-4-21(10-11-22-9-5-8-19-22)17(24)20-15-12-14(16(23)18-3)7-6-13(15)2/h5-9,12H,4,10-11H2,1-3H3,(H,18,23)(H,20,24). The molecule has 7 nitrogen and oxygen atoms in total. The fraction of sp³-hybridized carbons (Fsp3) is 0.353. The summed E-state index contributed by atoms with van der Waals surface area (Å²) in [6, 6.07) is 6.90. The van der Waals surface area contributed by atoms with Gasteiger partial charge in [0.05, 0.1) is 6.54 Å². The van der Waals surface area contributed by atoms with Crippen LogP contribution < -0.4 is 10.6 Å². The molecule has 1 aromatic carbocycles. The molecule has 0 saturated heterocycles. The third-order valence-corrected chi connectivity index (χ3v) is 3.80. The quantitative estimate of drug-likeness (QED) is 0.852. The predicted molar refractivity (Wildman–Crippen MR) is 93.1 cm³/mol. The molecule has 24 heavy (non-hydrogen) atoms. The van der Waals surface area contributed by atoms with Gasteiger partial charge in [-0.25, -0.2) is 4.79 Å². The molecule has 0 bridgehead atoms. The Labute approximate surface area is 141 Å². The number of carbonyl (C=O) groups excluding carboxylic acids is 2. The summed E-state index contributed by atoms with van der Waals surface area (Å²) in [6.07, 6.45) is 3.58. The van der Waals surface area contributed by atoms with Crippen LogP contribution in [0.25, 0.3) is 0 Å². The second-order valence-corrected chi connectivity index (χ2v) is 5.39. The molecule has 128 valence electrons. The number of aryl methyl sites for hydroxylation is 1. The van der Waals surface area contributed by atoms with Crippen molar-refractivity contribution in [3.63, 3.8) is 0 Å². The van der Waals surface area contributed by atoms with Gasteiger partial charge >= 0.3 is 6.03 Å². The molecule has 0 aliphatic carbocycles. The second kappa shape index (κ2) is 8.14. The molecular formula is C17H23N5O2. The summed E-state index contributed by atoms with van der Waals surface area (Å²) in [4.78, 5) is 25.9. The van der Waals surface area contributed by atoms with Crippen LogP contribution in [-0.2, 0) is 6.54 Å². The van der Waals surface area contributed by atoms with Crippen molar-refractivity contribution in [3.8, 4) is 0 Å². The van der Waals surface area contributed by atoms with Crippen molar-refractivity contribution < 1.29 is 9.59 Å². The number of benzene rings is 1. The van der Waals surface area contributed by atoms with Gasteiger partial charge in [-0.1, -0.05) is 6.07 Å². The fourth-order valence-corrected chi connectivity index (χ4v) is 2.30. The van der Waals surface area contributed by atoms with Crippen molar-refractivity contribution in [2.45, 2.75) is 20.4 Å². The van der Waals surface area contributed by atoms with E-state index < -0.39 is 0 Å². The average molecular weight is 329 g/mol. The highest BCUT2D eigenvalue weighted by atomic mass is 16.2. The Bertz CT molecular complexity index is 697. The monoisotopic (exact) mass is 329 g/mol. The number of rotatable bonds is 6. The summed E-state index contributed by atoms with van der Waals surface area (Å²) >= 11 is 0. The lowest BCUT2D eigenvalue weighted by atomic mass is 10.1. The molecule has 0 fully saturated rings. The minimum Gasteiger partial charge on any atom is -0.355 e. The predicted octanol–water partition coefficient (Wildman–Crippen LogP) is 2.11. The summed E-state index contributed by atoms with van der Waals surface area (Å²) in [5.74, 6) is -0.184. The molecule has 2 N–H and O–H groups in total. The number of nitrogens with zero attached hydrogens (tertiary/aromatic N) is 3. The summed E-state index contributed by atoms with van der Waals surface area (Å²) in [7, 11) is 1.58. The molecule has 0 radical (unpaired) electrons. The lowest BCUT2D eigenvalue weighted by molar-refractivity contribution is 0.0963. The Morgan fingerprint density at radius 1 is 1.33 bits per heavy atom. The molecule has 0 atom stereocenters. The number of aromatic nitrogens is 2. The minimum atomic E-state index is -0.193. The van der Waals surface area contributed by atoms with Crippen LogP contribution in [0.3, 0.4) is 0 Å². The van der Waals surface area contributed by atoms with Gasteiger partial charge in [0.15, 0.2) is 0 Å². The van der Waals surface area contributed by atoms with E-state index in [1.807, 2.05) is 32.2 Å². The lowest BCUT2D eigenvalue weighted by Gasteiger charge is -2.22. The number of likely N-dealkylation sites (N-methyl/N-ethyl adjacent to an activating group) is 1. The maximum atomic E-state index is 12.5. The van der Waals surface area contributed by atoms with Gasteiger partial charge in [-0.2, -0.15) is 5.10 Å². The number of hydrogen-bond donors (Lipinski definition) is 2. The largest absolute Gasteiger partial charge is 0.355 e. The Kier molecular flexibility index (Phi) is 5.95. The van der Waals surface area contributed by atoms with E-state index in [0.29, 0.717) is 30.9 Å². The zero-order valence-electron chi connectivity index (χ0n) is 14.2. The second-order valence-electron chi connectivity index (χ2n) is 5.39. The van der Waals surface area contributed by atoms with E-state index in [2.05, 4.69) is 15.7 Å². The number of nitrogens with one attached hydrogen (secondary N) is 2. The van der Waals surface area contributed by atoms with E-state index in [1.165, 1.54) is 0 Å². The number of urea groups is 1. The van der Waals surface area contributed by atoms with Gasteiger partial charge in [-0.05, 0) is 37.6 Å². The third-order valence-electron chi connectivity index (χ3n) is 3.80. The SMILES string of the molecule is CCN(CCn1cccn1)C(=O)Nc1cc(C(=O)NC)ccc1C. The Hall–Kier alpha value is -2.83. The topological polar surface area (TPSA) is 79.3 Å². The van der Waals surface area contributed by atoms with Crippen LogP contribution in [0.15, 0.2) is 36.7 Å². The van der Waals surface area contributed by atoms with Crippen LogP contribution in [0.4, 0.5) is 10.5 Å². The zero-order chi connectivity index (χ0) is 17.5. The molecule has 1 heterocycles. The summed E-state index contributed by atoms with van der Waals surface area (Å²) < 4.78 is 1.79. The van der Waals surface area contributed by atoms with E-state index in [4.69, 9.17) is 0 Å². The molecule has 7 heteroatoms. The first-order chi connectivity index (χ1) is 11.5. The molecule has 2 rings (SSSR count). The molecule has 0 unspecified atom stereocenters. The highest BCUT2D eigenvalue weighted by Crippen LogP contribution is 2.17. The lowest BCUT2D eigenvalue weighted by Crippen LogP contribution is -2.37. The molecule has 3 amide bonds.